The molecule has 2 aromatic heterocycles. The Morgan fingerprint density at radius 1 is 1.00 bits per heavy atom. The predicted molar refractivity (Wildman–Crippen MR) is 151 cm³/mol. The molecular formula is C30H27N5O2S. The highest BCUT2D eigenvalue weighted by Crippen LogP contribution is 2.29. The van der Waals surface area contributed by atoms with Crippen LogP contribution in [-0.2, 0) is 11.2 Å². The number of hydrogen-bond donors (Lipinski definition) is 2. The summed E-state index contributed by atoms with van der Waals surface area (Å²) in [5.41, 5.74) is 6.88. The Morgan fingerprint density at radius 2 is 1.82 bits per heavy atom. The number of aromatic nitrogens is 3. The molecule has 0 aliphatic heterocycles. The Hall–Kier alpha value is -4.30. The maximum Gasteiger partial charge on any atom is 0.258 e. The normalized spacial score (nSPS) is 12.9. The topological polar surface area (TPSA) is 88.9 Å². The molecule has 0 spiro atoms. The molecule has 1 fully saturated rings. The molecule has 8 heteroatoms. The second-order valence-corrected chi connectivity index (χ2v) is 10.4. The van der Waals surface area contributed by atoms with Crippen molar-refractivity contribution in [2.45, 2.75) is 38.1 Å². The Morgan fingerprint density at radius 3 is 2.66 bits per heavy atom. The number of rotatable bonds is 9. The van der Waals surface area contributed by atoms with Crippen LogP contribution in [0.1, 0.15) is 41.7 Å². The van der Waals surface area contributed by atoms with Crippen molar-refractivity contribution in [3.63, 3.8) is 0 Å². The minimum atomic E-state index is -0.233. The van der Waals surface area contributed by atoms with Crippen molar-refractivity contribution in [1.82, 2.24) is 19.9 Å². The smallest absolute Gasteiger partial charge is 0.258 e. The van der Waals surface area contributed by atoms with E-state index in [9.17, 15) is 9.59 Å². The SMILES string of the molecule is O=C(CCCc1cn(-c2ccccc2)c(NC(=O)c2ccccc2-c2ccc3ncsc3c2)n1)NC1CC1. The highest BCUT2D eigenvalue weighted by molar-refractivity contribution is 7.16. The Kier molecular flexibility index (Phi) is 6.71. The molecule has 0 atom stereocenters. The molecule has 3 aromatic carbocycles. The van der Waals surface area contributed by atoms with Crippen molar-refractivity contribution in [1.29, 1.82) is 0 Å². The third-order valence-corrected chi connectivity index (χ3v) is 7.40. The fourth-order valence-electron chi connectivity index (χ4n) is 4.50. The Balaban J connectivity index is 1.25. The van der Waals surface area contributed by atoms with Crippen LogP contribution >= 0.6 is 11.3 Å². The highest BCUT2D eigenvalue weighted by Gasteiger charge is 2.23. The number of benzene rings is 3. The summed E-state index contributed by atoms with van der Waals surface area (Å²) in [5, 5.41) is 6.07. The van der Waals surface area contributed by atoms with E-state index in [1.807, 2.05) is 83.0 Å². The van der Waals surface area contributed by atoms with Crippen molar-refractivity contribution in [3.8, 4) is 16.8 Å². The van der Waals surface area contributed by atoms with E-state index >= 15 is 0 Å². The summed E-state index contributed by atoms with van der Waals surface area (Å²) < 4.78 is 2.97. The van der Waals surface area contributed by atoms with Gasteiger partial charge in [0, 0.05) is 29.9 Å². The van der Waals surface area contributed by atoms with Crippen molar-refractivity contribution < 1.29 is 9.59 Å². The lowest BCUT2D eigenvalue weighted by Gasteiger charge is -2.12. The van der Waals surface area contributed by atoms with E-state index in [2.05, 4.69) is 21.7 Å². The lowest BCUT2D eigenvalue weighted by molar-refractivity contribution is -0.121. The van der Waals surface area contributed by atoms with E-state index in [-0.39, 0.29) is 11.8 Å². The molecule has 2 heterocycles. The van der Waals surface area contributed by atoms with Crippen molar-refractivity contribution in [3.05, 3.63) is 95.8 Å². The van der Waals surface area contributed by atoms with Crippen LogP contribution in [0.15, 0.2) is 84.5 Å². The van der Waals surface area contributed by atoms with Gasteiger partial charge in [0.1, 0.15) is 0 Å². The van der Waals surface area contributed by atoms with Crippen LogP contribution in [0.5, 0.6) is 0 Å². The molecule has 0 saturated heterocycles. The second kappa shape index (κ2) is 10.6. The predicted octanol–water partition coefficient (Wildman–Crippen LogP) is 6.00. The third kappa shape index (κ3) is 5.35. The van der Waals surface area contributed by atoms with Gasteiger partial charge in [0.25, 0.3) is 5.91 Å². The van der Waals surface area contributed by atoms with Crippen molar-refractivity contribution >= 4 is 39.3 Å². The summed E-state index contributed by atoms with van der Waals surface area (Å²) in [6.45, 7) is 0. The third-order valence-electron chi connectivity index (χ3n) is 6.61. The first-order chi connectivity index (χ1) is 18.6. The number of aryl methyl sites for hydroxylation is 1. The minimum absolute atomic E-state index is 0.0941. The first kappa shape index (κ1) is 24.1. The molecule has 38 heavy (non-hydrogen) atoms. The summed E-state index contributed by atoms with van der Waals surface area (Å²) in [7, 11) is 0. The van der Waals surface area contributed by atoms with Crippen molar-refractivity contribution in [2.75, 3.05) is 5.32 Å². The Bertz CT molecular complexity index is 1600. The number of nitrogens with zero attached hydrogens (tertiary/aromatic N) is 3. The molecular weight excluding hydrogens is 494 g/mol. The molecule has 6 rings (SSSR count). The standard InChI is InChI=1S/C30H27N5O2S/c36-28(32-21-14-15-21)12-6-7-22-18-35(23-8-2-1-3-9-23)30(33-22)34-29(37)25-11-5-4-10-24(25)20-13-16-26-27(17-20)38-19-31-26/h1-5,8-11,13,16-19,21H,6-7,12,14-15H2,(H,32,36)(H,33,34,37). The average molecular weight is 522 g/mol. The van der Waals surface area contributed by atoms with Crippen LogP contribution < -0.4 is 10.6 Å². The quantitative estimate of drug-likeness (QED) is 0.249. The van der Waals surface area contributed by atoms with Gasteiger partial charge in [0.15, 0.2) is 0 Å². The van der Waals surface area contributed by atoms with Crippen LogP contribution in [0.4, 0.5) is 5.95 Å². The first-order valence-electron chi connectivity index (χ1n) is 12.8. The number of anilines is 1. The van der Waals surface area contributed by atoms with E-state index in [4.69, 9.17) is 4.98 Å². The zero-order valence-corrected chi connectivity index (χ0v) is 21.6. The monoisotopic (exact) mass is 521 g/mol. The Labute approximate surface area is 224 Å². The number of imidazole rings is 1. The van der Waals surface area contributed by atoms with Gasteiger partial charge in [0.2, 0.25) is 11.9 Å². The van der Waals surface area contributed by atoms with Crippen molar-refractivity contribution in [2.24, 2.45) is 0 Å². The second-order valence-electron chi connectivity index (χ2n) is 9.49. The summed E-state index contributed by atoms with van der Waals surface area (Å²) in [5.74, 6) is 0.311. The van der Waals surface area contributed by atoms with E-state index < -0.39 is 0 Å². The van der Waals surface area contributed by atoms with Gasteiger partial charge < -0.3 is 5.32 Å². The zero-order valence-electron chi connectivity index (χ0n) is 20.8. The van der Waals surface area contributed by atoms with Gasteiger partial charge in [0.05, 0.1) is 21.4 Å². The summed E-state index contributed by atoms with van der Waals surface area (Å²) in [6.07, 6.45) is 5.91. The summed E-state index contributed by atoms with van der Waals surface area (Å²) in [6, 6.07) is 23.8. The van der Waals surface area contributed by atoms with Gasteiger partial charge in [-0.15, -0.1) is 11.3 Å². The molecule has 5 aromatic rings. The fourth-order valence-corrected chi connectivity index (χ4v) is 5.22. The summed E-state index contributed by atoms with van der Waals surface area (Å²) >= 11 is 1.58. The maximum absolute atomic E-state index is 13.6. The minimum Gasteiger partial charge on any atom is -0.353 e. The number of hydrogen-bond acceptors (Lipinski definition) is 5. The van der Waals surface area contributed by atoms with Gasteiger partial charge in [-0.2, -0.15) is 0 Å². The molecule has 1 aliphatic rings. The van der Waals surface area contributed by atoms with Gasteiger partial charge in [-0.25, -0.2) is 9.97 Å². The van der Waals surface area contributed by atoms with Gasteiger partial charge in [-0.3, -0.25) is 19.5 Å². The highest BCUT2D eigenvalue weighted by atomic mass is 32.1. The van der Waals surface area contributed by atoms with Gasteiger partial charge in [-0.05, 0) is 67.1 Å². The van der Waals surface area contributed by atoms with Crippen LogP contribution in [0.3, 0.4) is 0 Å². The van der Waals surface area contributed by atoms with E-state index in [1.54, 1.807) is 11.3 Å². The van der Waals surface area contributed by atoms with Gasteiger partial charge >= 0.3 is 0 Å². The number of thiazole rings is 1. The zero-order chi connectivity index (χ0) is 25.9. The molecule has 7 nitrogen and oxygen atoms in total. The molecule has 190 valence electrons. The molecule has 0 unspecified atom stereocenters. The van der Waals surface area contributed by atoms with Crippen LogP contribution in [0, 0.1) is 0 Å². The van der Waals surface area contributed by atoms with Crippen LogP contribution in [0.2, 0.25) is 0 Å². The molecule has 1 aliphatic carbocycles. The van der Waals surface area contributed by atoms with E-state index in [1.165, 1.54) is 0 Å². The number of amides is 2. The van der Waals surface area contributed by atoms with Crippen LogP contribution in [-0.4, -0.2) is 32.4 Å². The number of carbonyl (C=O) groups excluding carboxylic acids is 2. The van der Waals surface area contributed by atoms with Crippen LogP contribution in [0.25, 0.3) is 27.0 Å². The number of carbonyl (C=O) groups is 2. The number of para-hydroxylation sites is 1. The molecule has 2 amide bonds. The fraction of sp³-hybridized carbons (Fsp3) is 0.200. The number of nitrogens with one attached hydrogen (secondary N) is 2. The van der Waals surface area contributed by atoms with Gasteiger partial charge in [-0.1, -0.05) is 42.5 Å². The lowest BCUT2D eigenvalue weighted by atomic mass is 9.99. The molecule has 0 bridgehead atoms. The lowest BCUT2D eigenvalue weighted by Crippen LogP contribution is -2.25. The first-order valence-corrected chi connectivity index (χ1v) is 13.7. The van der Waals surface area contributed by atoms with E-state index in [0.717, 1.165) is 45.6 Å². The molecule has 1 saturated carbocycles. The average Bonchev–Trinajstić information content (AvgIpc) is 3.47. The number of fused-ring (bicyclic) bond motifs is 1. The largest absolute Gasteiger partial charge is 0.353 e. The maximum atomic E-state index is 13.6. The molecule has 0 radical (unpaired) electrons. The summed E-state index contributed by atoms with van der Waals surface area (Å²) in [4.78, 5) is 34.8. The van der Waals surface area contributed by atoms with E-state index in [0.29, 0.717) is 36.8 Å². The molecule has 2 N–H and O–H groups in total.